The van der Waals surface area contributed by atoms with Crippen LogP contribution in [0, 0.1) is 0 Å². The Hall–Kier alpha value is -0.370. The van der Waals surface area contributed by atoms with Gasteiger partial charge < -0.3 is 9.47 Å². The van der Waals surface area contributed by atoms with Crippen LogP contribution in [0.15, 0.2) is 0 Å². The van der Waals surface area contributed by atoms with Crippen LogP contribution in [0.2, 0.25) is 0 Å². The van der Waals surface area contributed by atoms with Crippen molar-refractivity contribution in [2.24, 2.45) is 5.84 Å². The number of hydrogen-bond acceptors (Lipinski definition) is 4. The van der Waals surface area contributed by atoms with Crippen LogP contribution in [0.3, 0.4) is 0 Å². The van der Waals surface area contributed by atoms with Gasteiger partial charge in [0.05, 0.1) is 6.61 Å². The molecule has 0 heterocycles. The van der Waals surface area contributed by atoms with Crippen molar-refractivity contribution in [1.82, 2.24) is 5.43 Å². The molecule has 0 rings (SSSR count). The number of hydrazine groups is 1. The molecule has 0 bridgehead atoms. The Kier molecular flexibility index (Phi) is 7.67. The normalized spacial score (nSPS) is 14.2. The lowest BCUT2D eigenvalue weighted by atomic mass is 10.2. The van der Waals surface area contributed by atoms with E-state index in [1.54, 1.807) is 7.11 Å². The molecule has 15 heavy (non-hydrogen) atoms. The van der Waals surface area contributed by atoms with E-state index in [4.69, 9.17) is 10.6 Å². The van der Waals surface area contributed by atoms with Gasteiger partial charge in [-0.3, -0.25) is 11.3 Å². The highest BCUT2D eigenvalue weighted by Gasteiger charge is 2.27. The molecule has 3 N–H and O–H groups in total. The van der Waals surface area contributed by atoms with E-state index in [1.807, 2.05) is 0 Å². The summed E-state index contributed by atoms with van der Waals surface area (Å²) >= 11 is 0. The monoisotopic (exact) mass is 230 g/mol. The van der Waals surface area contributed by atoms with Crippen molar-refractivity contribution < 1.29 is 22.6 Å². The van der Waals surface area contributed by atoms with Crippen molar-refractivity contribution in [2.75, 3.05) is 26.9 Å². The average molecular weight is 230 g/mol. The van der Waals surface area contributed by atoms with Crippen molar-refractivity contribution in [3.8, 4) is 0 Å². The summed E-state index contributed by atoms with van der Waals surface area (Å²) in [6.45, 7) is -0.743. The highest BCUT2D eigenvalue weighted by molar-refractivity contribution is 4.62. The zero-order chi connectivity index (χ0) is 11.7. The minimum atomic E-state index is -4.29. The predicted molar refractivity (Wildman–Crippen MR) is 49.1 cm³/mol. The van der Waals surface area contributed by atoms with Gasteiger partial charge in [0.1, 0.15) is 6.61 Å². The molecule has 0 spiro atoms. The van der Waals surface area contributed by atoms with E-state index in [0.29, 0.717) is 13.0 Å². The molecule has 0 fully saturated rings. The molecule has 0 aromatic rings. The van der Waals surface area contributed by atoms with Crippen LogP contribution in [-0.2, 0) is 9.47 Å². The van der Waals surface area contributed by atoms with E-state index >= 15 is 0 Å². The van der Waals surface area contributed by atoms with Crippen LogP contribution in [0.25, 0.3) is 0 Å². The summed E-state index contributed by atoms with van der Waals surface area (Å²) in [4.78, 5) is 0. The van der Waals surface area contributed by atoms with Gasteiger partial charge in [0, 0.05) is 19.8 Å². The average Bonchev–Trinajstić information content (AvgIpc) is 2.14. The quantitative estimate of drug-likeness (QED) is 0.368. The maximum atomic E-state index is 11.7. The fourth-order valence-corrected chi connectivity index (χ4v) is 1.01. The second kappa shape index (κ2) is 7.86. The SMILES string of the molecule is COCCCC(COCC(F)(F)F)NN. The van der Waals surface area contributed by atoms with Crippen LogP contribution in [0.5, 0.6) is 0 Å². The summed E-state index contributed by atoms with van der Waals surface area (Å²) in [5.41, 5.74) is 2.40. The van der Waals surface area contributed by atoms with Crippen molar-refractivity contribution in [1.29, 1.82) is 0 Å². The van der Waals surface area contributed by atoms with E-state index in [-0.39, 0.29) is 12.6 Å². The number of rotatable bonds is 8. The predicted octanol–water partition coefficient (Wildman–Crippen LogP) is 0.824. The third-order valence-electron chi connectivity index (χ3n) is 1.72. The molecule has 0 aromatic heterocycles. The molecule has 7 heteroatoms. The van der Waals surface area contributed by atoms with Gasteiger partial charge in [-0.1, -0.05) is 0 Å². The molecule has 92 valence electrons. The van der Waals surface area contributed by atoms with Gasteiger partial charge in [0.2, 0.25) is 0 Å². The van der Waals surface area contributed by atoms with E-state index in [9.17, 15) is 13.2 Å². The fraction of sp³-hybridized carbons (Fsp3) is 1.00. The van der Waals surface area contributed by atoms with Gasteiger partial charge in [-0.15, -0.1) is 0 Å². The third-order valence-corrected chi connectivity index (χ3v) is 1.72. The Labute approximate surface area is 86.9 Å². The topological polar surface area (TPSA) is 56.5 Å². The molecule has 0 aliphatic heterocycles. The summed E-state index contributed by atoms with van der Waals surface area (Å²) in [5, 5.41) is 0. The van der Waals surface area contributed by atoms with Crippen molar-refractivity contribution in [3.63, 3.8) is 0 Å². The molecule has 0 amide bonds. The number of hydrogen-bond donors (Lipinski definition) is 2. The van der Waals surface area contributed by atoms with Gasteiger partial charge >= 0.3 is 6.18 Å². The summed E-state index contributed by atoms with van der Waals surface area (Å²) in [5.74, 6) is 5.15. The molecule has 0 aromatic carbocycles. The minimum Gasteiger partial charge on any atom is -0.385 e. The summed E-state index contributed by atoms with van der Waals surface area (Å²) in [6, 6.07) is -0.275. The van der Waals surface area contributed by atoms with Crippen molar-refractivity contribution in [3.05, 3.63) is 0 Å². The lowest BCUT2D eigenvalue weighted by Gasteiger charge is -2.16. The molecule has 0 saturated carbocycles. The van der Waals surface area contributed by atoms with E-state index < -0.39 is 12.8 Å². The molecular weight excluding hydrogens is 213 g/mol. The summed E-state index contributed by atoms with van der Waals surface area (Å²) in [7, 11) is 1.56. The van der Waals surface area contributed by atoms with E-state index in [2.05, 4.69) is 10.2 Å². The number of halogens is 3. The molecule has 1 unspecified atom stereocenters. The lowest BCUT2D eigenvalue weighted by molar-refractivity contribution is -0.175. The van der Waals surface area contributed by atoms with Crippen molar-refractivity contribution >= 4 is 0 Å². The van der Waals surface area contributed by atoms with Crippen LogP contribution in [-0.4, -0.2) is 39.1 Å². The summed E-state index contributed by atoms with van der Waals surface area (Å²) < 4.78 is 44.4. The van der Waals surface area contributed by atoms with Crippen LogP contribution < -0.4 is 11.3 Å². The Morgan fingerprint density at radius 1 is 1.40 bits per heavy atom. The maximum Gasteiger partial charge on any atom is 0.411 e. The van der Waals surface area contributed by atoms with Gasteiger partial charge in [-0.25, -0.2) is 0 Å². The molecule has 1 atom stereocenters. The minimum absolute atomic E-state index is 0.0558. The largest absolute Gasteiger partial charge is 0.411 e. The van der Waals surface area contributed by atoms with Crippen LogP contribution in [0.4, 0.5) is 13.2 Å². The number of alkyl halides is 3. The van der Waals surface area contributed by atoms with Gasteiger partial charge in [-0.05, 0) is 12.8 Å². The number of nitrogens with two attached hydrogens (primary N) is 1. The first-order valence-corrected chi connectivity index (χ1v) is 4.59. The Morgan fingerprint density at radius 3 is 2.53 bits per heavy atom. The zero-order valence-corrected chi connectivity index (χ0v) is 8.64. The highest BCUT2D eigenvalue weighted by Crippen LogP contribution is 2.14. The smallest absolute Gasteiger partial charge is 0.385 e. The first kappa shape index (κ1) is 14.6. The zero-order valence-electron chi connectivity index (χ0n) is 8.64. The Bertz CT molecular complexity index is 155. The van der Waals surface area contributed by atoms with Crippen molar-refractivity contribution in [2.45, 2.75) is 25.1 Å². The van der Waals surface area contributed by atoms with E-state index in [0.717, 1.165) is 6.42 Å². The van der Waals surface area contributed by atoms with E-state index in [1.165, 1.54) is 0 Å². The standard InChI is InChI=1S/C8H17F3N2O2/c1-14-4-2-3-7(13-12)5-15-6-8(9,10)11/h7,13H,2-6,12H2,1H3. The molecule has 0 radical (unpaired) electrons. The fourth-order valence-electron chi connectivity index (χ4n) is 1.01. The molecule has 4 nitrogen and oxygen atoms in total. The molecule has 0 saturated heterocycles. The Balaban J connectivity index is 3.52. The van der Waals surface area contributed by atoms with Gasteiger partial charge in [0.15, 0.2) is 0 Å². The maximum absolute atomic E-state index is 11.7. The number of ether oxygens (including phenoxy) is 2. The van der Waals surface area contributed by atoms with Gasteiger partial charge in [-0.2, -0.15) is 13.2 Å². The second-order valence-electron chi connectivity index (χ2n) is 3.13. The second-order valence-corrected chi connectivity index (χ2v) is 3.13. The lowest BCUT2D eigenvalue weighted by Crippen LogP contribution is -2.39. The molecular formula is C8H17F3N2O2. The first-order valence-electron chi connectivity index (χ1n) is 4.59. The highest BCUT2D eigenvalue weighted by atomic mass is 19.4. The Morgan fingerprint density at radius 2 is 2.07 bits per heavy atom. The molecule has 0 aliphatic carbocycles. The number of nitrogens with one attached hydrogen (secondary N) is 1. The van der Waals surface area contributed by atoms with Crippen LogP contribution in [0.1, 0.15) is 12.8 Å². The summed E-state index contributed by atoms with van der Waals surface area (Å²) in [6.07, 6.45) is -2.95. The van der Waals surface area contributed by atoms with Gasteiger partial charge in [0.25, 0.3) is 0 Å². The third kappa shape index (κ3) is 9.92. The molecule has 0 aliphatic rings. The first-order chi connectivity index (χ1) is 6.99. The number of methoxy groups -OCH3 is 1. The van der Waals surface area contributed by atoms with Crippen LogP contribution >= 0.6 is 0 Å².